The van der Waals surface area contributed by atoms with Crippen molar-refractivity contribution in [3.63, 3.8) is 0 Å². The zero-order valence-electron chi connectivity index (χ0n) is 6.72. The molecule has 0 aromatic carbocycles. The van der Waals surface area contributed by atoms with Crippen molar-refractivity contribution in [1.82, 2.24) is 0 Å². The summed E-state index contributed by atoms with van der Waals surface area (Å²) in [4.78, 5) is 0. The van der Waals surface area contributed by atoms with Gasteiger partial charge in [0.05, 0.1) is 0 Å². The standard InChI is InChI=1S/C10H16/c1-2-10-8-6-4-3-5-7-9-10/h4,6-7,9-10H,2-3,5,8H2,1H3/b6-4-,9-7-. The molecule has 1 aliphatic carbocycles. The SMILES string of the molecule is CCC1/C=C\CC/C=C\C1. The third kappa shape index (κ3) is 2.38. The monoisotopic (exact) mass is 136 g/mol. The molecular weight excluding hydrogens is 120 g/mol. The van der Waals surface area contributed by atoms with Gasteiger partial charge in [-0.1, -0.05) is 31.2 Å². The van der Waals surface area contributed by atoms with Crippen LogP contribution < -0.4 is 0 Å². The van der Waals surface area contributed by atoms with Crippen molar-refractivity contribution in [2.24, 2.45) is 5.92 Å². The molecule has 0 bridgehead atoms. The molecule has 0 nitrogen and oxygen atoms in total. The van der Waals surface area contributed by atoms with Gasteiger partial charge in [-0.3, -0.25) is 0 Å². The maximum Gasteiger partial charge on any atom is -0.0202 e. The van der Waals surface area contributed by atoms with Gasteiger partial charge in [-0.2, -0.15) is 0 Å². The van der Waals surface area contributed by atoms with Crippen LogP contribution in [0.15, 0.2) is 24.3 Å². The van der Waals surface area contributed by atoms with E-state index in [0.29, 0.717) is 0 Å². The van der Waals surface area contributed by atoms with Crippen LogP contribution in [0.25, 0.3) is 0 Å². The maximum atomic E-state index is 2.36. The molecule has 0 N–H and O–H groups in total. The molecule has 0 saturated carbocycles. The first-order valence-corrected chi connectivity index (χ1v) is 4.25. The van der Waals surface area contributed by atoms with Gasteiger partial charge in [0.15, 0.2) is 0 Å². The van der Waals surface area contributed by atoms with Gasteiger partial charge in [-0.25, -0.2) is 0 Å². The minimum Gasteiger partial charge on any atom is -0.0882 e. The molecular formula is C10H16. The molecule has 56 valence electrons. The van der Waals surface area contributed by atoms with Crippen LogP contribution in [0.3, 0.4) is 0 Å². The summed E-state index contributed by atoms with van der Waals surface area (Å²) in [7, 11) is 0. The normalized spacial score (nSPS) is 32.3. The first-order chi connectivity index (χ1) is 4.93. The molecule has 0 saturated heterocycles. The minimum atomic E-state index is 0.802. The Bertz CT molecular complexity index is 131. The van der Waals surface area contributed by atoms with Crippen LogP contribution >= 0.6 is 0 Å². The summed E-state index contributed by atoms with van der Waals surface area (Å²) < 4.78 is 0. The van der Waals surface area contributed by atoms with E-state index >= 15 is 0 Å². The summed E-state index contributed by atoms with van der Waals surface area (Å²) in [5.74, 6) is 0.802. The van der Waals surface area contributed by atoms with E-state index in [4.69, 9.17) is 0 Å². The molecule has 1 rings (SSSR count). The summed E-state index contributed by atoms with van der Waals surface area (Å²) in [5.41, 5.74) is 0. The highest BCUT2D eigenvalue weighted by Crippen LogP contribution is 2.14. The van der Waals surface area contributed by atoms with Crippen LogP contribution in [0.2, 0.25) is 0 Å². The van der Waals surface area contributed by atoms with Crippen molar-refractivity contribution in [1.29, 1.82) is 0 Å². The predicted octanol–water partition coefficient (Wildman–Crippen LogP) is 3.31. The molecule has 10 heavy (non-hydrogen) atoms. The average molecular weight is 136 g/mol. The molecule has 0 radical (unpaired) electrons. The van der Waals surface area contributed by atoms with E-state index < -0.39 is 0 Å². The van der Waals surface area contributed by atoms with E-state index in [9.17, 15) is 0 Å². The van der Waals surface area contributed by atoms with Crippen molar-refractivity contribution < 1.29 is 0 Å². The minimum absolute atomic E-state index is 0.802. The molecule has 1 atom stereocenters. The van der Waals surface area contributed by atoms with Gasteiger partial charge in [-0.15, -0.1) is 0 Å². The van der Waals surface area contributed by atoms with E-state index in [-0.39, 0.29) is 0 Å². The molecule has 0 amide bonds. The van der Waals surface area contributed by atoms with E-state index in [2.05, 4.69) is 31.2 Å². The number of rotatable bonds is 1. The van der Waals surface area contributed by atoms with Gasteiger partial charge in [-0.05, 0) is 31.6 Å². The van der Waals surface area contributed by atoms with Gasteiger partial charge in [0.25, 0.3) is 0 Å². The maximum absolute atomic E-state index is 2.36. The summed E-state index contributed by atoms with van der Waals surface area (Å²) in [5, 5.41) is 0. The second-order valence-corrected chi connectivity index (χ2v) is 2.88. The smallest absolute Gasteiger partial charge is 0.0202 e. The second-order valence-electron chi connectivity index (χ2n) is 2.88. The number of hydrogen-bond acceptors (Lipinski definition) is 0. The summed E-state index contributed by atoms with van der Waals surface area (Å²) in [6, 6.07) is 0. The molecule has 1 unspecified atom stereocenters. The Morgan fingerprint density at radius 1 is 1.20 bits per heavy atom. The van der Waals surface area contributed by atoms with E-state index in [1.54, 1.807) is 0 Å². The molecule has 1 aliphatic rings. The summed E-state index contributed by atoms with van der Waals surface area (Å²) >= 11 is 0. The van der Waals surface area contributed by atoms with Crippen LogP contribution in [0, 0.1) is 5.92 Å². The largest absolute Gasteiger partial charge is 0.0882 e. The zero-order chi connectivity index (χ0) is 7.23. The quantitative estimate of drug-likeness (QED) is 0.485. The Labute approximate surface area is 63.6 Å². The fraction of sp³-hybridized carbons (Fsp3) is 0.600. The van der Waals surface area contributed by atoms with Gasteiger partial charge in [0.1, 0.15) is 0 Å². The highest BCUT2D eigenvalue weighted by molar-refractivity contribution is 4.97. The Morgan fingerprint density at radius 3 is 2.80 bits per heavy atom. The van der Waals surface area contributed by atoms with Crippen molar-refractivity contribution >= 4 is 0 Å². The Balaban J connectivity index is 2.41. The van der Waals surface area contributed by atoms with Gasteiger partial charge in [0.2, 0.25) is 0 Å². The topological polar surface area (TPSA) is 0 Å². The molecule has 0 aliphatic heterocycles. The average Bonchev–Trinajstić information content (AvgIpc) is 1.87. The molecule has 0 spiro atoms. The molecule has 0 aromatic heterocycles. The third-order valence-corrected chi connectivity index (χ3v) is 2.04. The Morgan fingerprint density at radius 2 is 2.00 bits per heavy atom. The fourth-order valence-corrected chi connectivity index (χ4v) is 1.25. The molecule has 0 aromatic rings. The highest BCUT2D eigenvalue weighted by atomic mass is 14.0. The van der Waals surface area contributed by atoms with E-state index in [1.807, 2.05) is 0 Å². The molecule has 0 fully saturated rings. The fourth-order valence-electron chi connectivity index (χ4n) is 1.25. The Hall–Kier alpha value is -0.520. The predicted molar refractivity (Wildman–Crippen MR) is 45.9 cm³/mol. The summed E-state index contributed by atoms with van der Waals surface area (Å²) in [6.07, 6.45) is 14.3. The van der Waals surface area contributed by atoms with Crippen molar-refractivity contribution in [2.45, 2.75) is 32.6 Å². The zero-order valence-corrected chi connectivity index (χ0v) is 6.72. The van der Waals surface area contributed by atoms with Crippen LogP contribution in [0.5, 0.6) is 0 Å². The van der Waals surface area contributed by atoms with Gasteiger partial charge < -0.3 is 0 Å². The first kappa shape index (κ1) is 7.59. The lowest BCUT2D eigenvalue weighted by Gasteiger charge is -2.07. The van der Waals surface area contributed by atoms with Crippen molar-refractivity contribution in [3.8, 4) is 0 Å². The third-order valence-electron chi connectivity index (χ3n) is 2.04. The Kier molecular flexibility index (Phi) is 3.28. The lowest BCUT2D eigenvalue weighted by Crippen LogP contribution is -1.92. The lowest BCUT2D eigenvalue weighted by atomic mass is 9.99. The lowest BCUT2D eigenvalue weighted by molar-refractivity contribution is 0.631. The second kappa shape index (κ2) is 4.32. The first-order valence-electron chi connectivity index (χ1n) is 4.25. The van der Waals surface area contributed by atoms with Gasteiger partial charge >= 0.3 is 0 Å². The summed E-state index contributed by atoms with van der Waals surface area (Å²) in [6.45, 7) is 2.25. The highest BCUT2D eigenvalue weighted by Gasteiger charge is 1.98. The number of allylic oxidation sites excluding steroid dienone is 4. The molecule has 0 heteroatoms. The van der Waals surface area contributed by atoms with Crippen LogP contribution in [0.4, 0.5) is 0 Å². The van der Waals surface area contributed by atoms with Crippen LogP contribution in [-0.4, -0.2) is 0 Å². The van der Waals surface area contributed by atoms with E-state index in [0.717, 1.165) is 5.92 Å². The van der Waals surface area contributed by atoms with Gasteiger partial charge in [0, 0.05) is 0 Å². The molecule has 0 heterocycles. The van der Waals surface area contributed by atoms with Crippen molar-refractivity contribution in [3.05, 3.63) is 24.3 Å². The van der Waals surface area contributed by atoms with Crippen LogP contribution in [-0.2, 0) is 0 Å². The number of hydrogen-bond donors (Lipinski definition) is 0. The van der Waals surface area contributed by atoms with Crippen LogP contribution in [0.1, 0.15) is 32.6 Å². The van der Waals surface area contributed by atoms with Crippen molar-refractivity contribution in [2.75, 3.05) is 0 Å². The van der Waals surface area contributed by atoms with E-state index in [1.165, 1.54) is 25.7 Å².